The summed E-state index contributed by atoms with van der Waals surface area (Å²) in [6.07, 6.45) is 0.540. The summed E-state index contributed by atoms with van der Waals surface area (Å²) in [6.45, 7) is 7.59. The van der Waals surface area contributed by atoms with Crippen molar-refractivity contribution in [3.8, 4) is 17.2 Å². The molecule has 1 aliphatic heterocycles. The van der Waals surface area contributed by atoms with Gasteiger partial charge in [0.15, 0.2) is 0 Å². The van der Waals surface area contributed by atoms with Crippen LogP contribution in [0.15, 0.2) is 48.0 Å². The van der Waals surface area contributed by atoms with Crippen molar-refractivity contribution in [3.05, 3.63) is 59.2 Å². The largest absolute Gasteiger partial charge is 0.507 e. The monoisotopic (exact) mass is 483 g/mol. The predicted molar refractivity (Wildman–Crippen MR) is 132 cm³/mol. The van der Waals surface area contributed by atoms with Gasteiger partial charge in [0.05, 0.1) is 37.0 Å². The number of aliphatic hydroxyl groups excluding tert-OH is 1. The van der Waals surface area contributed by atoms with E-state index in [9.17, 15) is 14.7 Å². The van der Waals surface area contributed by atoms with Gasteiger partial charge in [-0.05, 0) is 57.0 Å². The number of ether oxygens (including phenoxy) is 4. The highest BCUT2D eigenvalue weighted by molar-refractivity contribution is 6.46. The Hall–Kier alpha value is -3.52. The molecule has 0 bridgehead atoms. The van der Waals surface area contributed by atoms with E-state index < -0.39 is 17.7 Å². The highest BCUT2D eigenvalue weighted by atomic mass is 16.5. The third-order valence-electron chi connectivity index (χ3n) is 5.59. The molecule has 0 aromatic heterocycles. The van der Waals surface area contributed by atoms with Gasteiger partial charge in [-0.2, -0.15) is 0 Å². The van der Waals surface area contributed by atoms with Crippen LogP contribution in [0.25, 0.3) is 5.76 Å². The fourth-order valence-corrected chi connectivity index (χ4v) is 4.15. The molecule has 1 fully saturated rings. The van der Waals surface area contributed by atoms with Gasteiger partial charge in [-0.25, -0.2) is 0 Å². The molecule has 0 spiro atoms. The second-order valence-corrected chi connectivity index (χ2v) is 7.87. The molecule has 188 valence electrons. The van der Waals surface area contributed by atoms with Gasteiger partial charge in [-0.3, -0.25) is 9.59 Å². The minimum Gasteiger partial charge on any atom is -0.507 e. The minimum absolute atomic E-state index is 0.00572. The first-order chi connectivity index (χ1) is 17.0. The van der Waals surface area contributed by atoms with Gasteiger partial charge in [0.1, 0.15) is 23.0 Å². The molecule has 35 heavy (non-hydrogen) atoms. The molecule has 1 N–H and O–H groups in total. The second-order valence-electron chi connectivity index (χ2n) is 7.87. The first kappa shape index (κ1) is 26.1. The van der Waals surface area contributed by atoms with Crippen LogP contribution in [0.5, 0.6) is 17.2 Å². The summed E-state index contributed by atoms with van der Waals surface area (Å²) >= 11 is 0. The molecule has 1 saturated heterocycles. The van der Waals surface area contributed by atoms with Crippen LogP contribution in [0.4, 0.5) is 0 Å². The van der Waals surface area contributed by atoms with Gasteiger partial charge in [0, 0.05) is 26.3 Å². The van der Waals surface area contributed by atoms with Gasteiger partial charge in [0.25, 0.3) is 11.7 Å². The molecule has 8 nitrogen and oxygen atoms in total. The molecule has 2 aromatic rings. The maximum absolute atomic E-state index is 13.3. The van der Waals surface area contributed by atoms with E-state index in [0.29, 0.717) is 67.8 Å². The maximum Gasteiger partial charge on any atom is 0.295 e. The van der Waals surface area contributed by atoms with E-state index in [-0.39, 0.29) is 11.3 Å². The molecule has 0 radical (unpaired) electrons. The molecule has 8 heteroatoms. The SMILES string of the molecule is CCOc1cccc(C2/C(=C(/O)c3ccc(OCC)cc3OCC)C(=O)C(=O)N2CCCOC)c1. The lowest BCUT2D eigenvalue weighted by Crippen LogP contribution is -2.31. The first-order valence-corrected chi connectivity index (χ1v) is 11.9. The van der Waals surface area contributed by atoms with E-state index in [1.54, 1.807) is 37.4 Å². The van der Waals surface area contributed by atoms with Gasteiger partial charge in [0.2, 0.25) is 0 Å². The lowest BCUT2D eigenvalue weighted by molar-refractivity contribution is -0.140. The third kappa shape index (κ3) is 5.77. The number of amides is 1. The number of Topliss-reactive ketones (excluding diaryl/α,β-unsaturated/α-hetero) is 1. The molecular formula is C27H33NO7. The number of hydrogen-bond acceptors (Lipinski definition) is 7. The van der Waals surface area contributed by atoms with E-state index in [1.165, 1.54) is 4.90 Å². The van der Waals surface area contributed by atoms with Crippen molar-refractivity contribution in [1.82, 2.24) is 4.90 Å². The summed E-state index contributed by atoms with van der Waals surface area (Å²) in [5.41, 5.74) is 0.986. The van der Waals surface area contributed by atoms with Crippen LogP contribution in [0.1, 0.15) is 44.4 Å². The van der Waals surface area contributed by atoms with E-state index in [0.717, 1.165) is 0 Å². The number of rotatable bonds is 12. The van der Waals surface area contributed by atoms with Crippen molar-refractivity contribution in [1.29, 1.82) is 0 Å². The molecule has 2 aromatic carbocycles. The molecule has 1 atom stereocenters. The Kier molecular flexibility index (Phi) is 9.14. The van der Waals surface area contributed by atoms with Crippen molar-refractivity contribution in [2.24, 2.45) is 0 Å². The van der Waals surface area contributed by atoms with Crippen LogP contribution >= 0.6 is 0 Å². The molecular weight excluding hydrogens is 450 g/mol. The summed E-state index contributed by atoms with van der Waals surface area (Å²) < 4.78 is 22.1. The Morgan fingerprint density at radius 1 is 0.943 bits per heavy atom. The van der Waals surface area contributed by atoms with Crippen LogP contribution in [-0.4, -0.2) is 61.8 Å². The van der Waals surface area contributed by atoms with Crippen LogP contribution in [0.3, 0.4) is 0 Å². The average molecular weight is 484 g/mol. The molecule has 1 amide bonds. The summed E-state index contributed by atoms with van der Waals surface area (Å²) in [7, 11) is 1.58. The number of benzene rings is 2. The summed E-state index contributed by atoms with van der Waals surface area (Å²) in [4.78, 5) is 27.8. The normalized spacial score (nSPS) is 17.0. The Labute approximate surface area is 206 Å². The van der Waals surface area contributed by atoms with E-state index in [4.69, 9.17) is 18.9 Å². The number of nitrogens with zero attached hydrogens (tertiary/aromatic N) is 1. The third-order valence-corrected chi connectivity index (χ3v) is 5.59. The number of aliphatic hydroxyl groups is 1. The first-order valence-electron chi connectivity index (χ1n) is 11.9. The lowest BCUT2D eigenvalue weighted by Gasteiger charge is -2.25. The van der Waals surface area contributed by atoms with Crippen molar-refractivity contribution in [2.45, 2.75) is 33.2 Å². The van der Waals surface area contributed by atoms with Gasteiger partial charge >= 0.3 is 0 Å². The fraction of sp³-hybridized carbons (Fsp3) is 0.407. The Morgan fingerprint density at radius 2 is 1.63 bits per heavy atom. The smallest absolute Gasteiger partial charge is 0.295 e. The number of hydrogen-bond donors (Lipinski definition) is 1. The quantitative estimate of drug-likeness (QED) is 0.208. The summed E-state index contributed by atoms with van der Waals surface area (Å²) in [5, 5.41) is 11.4. The number of carbonyl (C=O) groups is 2. The fourth-order valence-electron chi connectivity index (χ4n) is 4.15. The van der Waals surface area contributed by atoms with Gasteiger partial charge in [-0.15, -0.1) is 0 Å². The summed E-state index contributed by atoms with van der Waals surface area (Å²) in [5.74, 6) is -0.155. The van der Waals surface area contributed by atoms with Crippen molar-refractivity contribution < 1.29 is 33.6 Å². The lowest BCUT2D eigenvalue weighted by atomic mass is 9.94. The predicted octanol–water partition coefficient (Wildman–Crippen LogP) is 4.34. The molecule has 3 rings (SSSR count). The Balaban J connectivity index is 2.17. The van der Waals surface area contributed by atoms with Crippen molar-refractivity contribution in [3.63, 3.8) is 0 Å². The number of carbonyl (C=O) groups excluding carboxylic acids is 2. The second kappa shape index (κ2) is 12.3. The van der Waals surface area contributed by atoms with Crippen molar-refractivity contribution >= 4 is 17.4 Å². The van der Waals surface area contributed by atoms with Crippen molar-refractivity contribution in [2.75, 3.05) is 40.1 Å². The number of ketones is 1. The Bertz CT molecular complexity index is 1080. The molecule has 1 unspecified atom stereocenters. The van der Waals surface area contributed by atoms with Gasteiger partial charge < -0.3 is 29.0 Å². The van der Waals surface area contributed by atoms with E-state index in [2.05, 4.69) is 0 Å². The zero-order chi connectivity index (χ0) is 25.4. The zero-order valence-electron chi connectivity index (χ0n) is 20.7. The zero-order valence-corrected chi connectivity index (χ0v) is 20.7. The van der Waals surface area contributed by atoms with Crippen LogP contribution in [0, 0.1) is 0 Å². The van der Waals surface area contributed by atoms with Gasteiger partial charge in [-0.1, -0.05) is 12.1 Å². The van der Waals surface area contributed by atoms with E-state index in [1.807, 2.05) is 32.9 Å². The van der Waals surface area contributed by atoms with E-state index >= 15 is 0 Å². The molecule has 1 aliphatic rings. The molecule has 0 saturated carbocycles. The van der Waals surface area contributed by atoms with Crippen LogP contribution in [0.2, 0.25) is 0 Å². The number of likely N-dealkylation sites (tertiary alicyclic amines) is 1. The molecule has 0 aliphatic carbocycles. The summed E-state index contributed by atoms with van der Waals surface area (Å²) in [6, 6.07) is 11.4. The molecule has 1 heterocycles. The highest BCUT2D eigenvalue weighted by Gasteiger charge is 2.46. The maximum atomic E-state index is 13.3. The van der Waals surface area contributed by atoms with Crippen LogP contribution in [-0.2, 0) is 14.3 Å². The standard InChI is InChI=1S/C27H33NO7/c1-5-33-19-11-8-10-18(16-19)24-23(26(30)27(31)28(24)14-9-15-32-4)25(29)21-13-12-20(34-6-2)17-22(21)35-7-3/h8,10-13,16-17,24,29H,5-7,9,14-15H2,1-4H3/b25-23-. The van der Waals surface area contributed by atoms with Crippen LogP contribution < -0.4 is 14.2 Å². The number of methoxy groups -OCH3 is 1. The topological polar surface area (TPSA) is 94.5 Å². The average Bonchev–Trinajstić information content (AvgIpc) is 3.10. The minimum atomic E-state index is -0.784. The Morgan fingerprint density at radius 3 is 2.29 bits per heavy atom. The highest BCUT2D eigenvalue weighted by Crippen LogP contribution is 2.42.